The van der Waals surface area contributed by atoms with Crippen molar-refractivity contribution in [2.75, 3.05) is 0 Å². The van der Waals surface area contributed by atoms with E-state index >= 15 is 0 Å². The number of benzene rings is 1. The van der Waals surface area contributed by atoms with Gasteiger partial charge < -0.3 is 5.21 Å². The molecule has 0 fully saturated rings. The van der Waals surface area contributed by atoms with Gasteiger partial charge in [-0.25, -0.2) is 0 Å². The van der Waals surface area contributed by atoms with Crippen molar-refractivity contribution >= 4 is 0 Å². The fourth-order valence-electron chi connectivity index (χ4n) is 2.80. The Morgan fingerprint density at radius 1 is 1.29 bits per heavy atom. The molecule has 2 heteroatoms. The van der Waals surface area contributed by atoms with Crippen LogP contribution in [0.25, 0.3) is 0 Å². The molecular formula is C15H19NO. The molecule has 1 heterocycles. The van der Waals surface area contributed by atoms with Crippen molar-refractivity contribution in [1.82, 2.24) is 5.06 Å². The molecule has 1 N–H and O–H groups in total. The summed E-state index contributed by atoms with van der Waals surface area (Å²) in [6, 6.07) is 6.00. The molecule has 1 unspecified atom stereocenters. The number of nitrogens with zero attached hydrogens (tertiary/aromatic N) is 1. The third kappa shape index (κ3) is 1.43. The monoisotopic (exact) mass is 229 g/mol. The molecule has 0 aliphatic carbocycles. The van der Waals surface area contributed by atoms with Crippen LogP contribution in [-0.4, -0.2) is 10.3 Å². The van der Waals surface area contributed by atoms with Gasteiger partial charge in [0.05, 0.1) is 11.1 Å². The van der Waals surface area contributed by atoms with E-state index in [1.54, 1.807) is 0 Å². The van der Waals surface area contributed by atoms with E-state index in [0.29, 0.717) is 0 Å². The Labute approximate surface area is 103 Å². The molecule has 1 aromatic rings. The van der Waals surface area contributed by atoms with Gasteiger partial charge in [0.2, 0.25) is 0 Å². The Balaban J connectivity index is 2.72. The second-order valence-electron chi connectivity index (χ2n) is 5.40. The first-order valence-electron chi connectivity index (χ1n) is 5.98. The summed E-state index contributed by atoms with van der Waals surface area (Å²) >= 11 is 0. The zero-order chi connectivity index (χ0) is 12.8. The molecule has 0 saturated heterocycles. The quantitative estimate of drug-likeness (QED) is 0.747. The van der Waals surface area contributed by atoms with Gasteiger partial charge in [0.25, 0.3) is 0 Å². The van der Waals surface area contributed by atoms with Crippen LogP contribution in [-0.2, 0) is 11.1 Å². The molecule has 0 bridgehead atoms. The minimum absolute atomic E-state index is 0.355. The van der Waals surface area contributed by atoms with Crippen LogP contribution < -0.4 is 0 Å². The van der Waals surface area contributed by atoms with Crippen molar-refractivity contribution in [1.29, 1.82) is 0 Å². The molecule has 0 amide bonds. The van der Waals surface area contributed by atoms with E-state index in [2.05, 4.69) is 19.8 Å². The van der Waals surface area contributed by atoms with Crippen LogP contribution in [0.5, 0.6) is 0 Å². The van der Waals surface area contributed by atoms with Gasteiger partial charge in [0.15, 0.2) is 0 Å². The van der Waals surface area contributed by atoms with Crippen molar-refractivity contribution in [2.24, 2.45) is 0 Å². The highest BCUT2D eigenvalue weighted by Crippen LogP contribution is 2.49. The summed E-state index contributed by atoms with van der Waals surface area (Å²) in [6.45, 7) is 8.20. The molecule has 0 aromatic heterocycles. The topological polar surface area (TPSA) is 23.5 Å². The molecule has 2 rings (SSSR count). The lowest BCUT2D eigenvalue weighted by Crippen LogP contribution is -2.44. The number of terminal acetylenes is 1. The van der Waals surface area contributed by atoms with E-state index in [1.807, 2.05) is 32.0 Å². The fourth-order valence-corrected chi connectivity index (χ4v) is 2.80. The summed E-state index contributed by atoms with van der Waals surface area (Å²) in [5.41, 5.74) is 2.44. The molecule has 1 aromatic carbocycles. The Morgan fingerprint density at radius 3 is 2.47 bits per heavy atom. The molecule has 17 heavy (non-hydrogen) atoms. The molecule has 0 spiro atoms. The lowest BCUT2D eigenvalue weighted by Gasteiger charge is -2.37. The lowest BCUT2D eigenvalue weighted by atomic mass is 9.87. The molecule has 2 nitrogen and oxygen atoms in total. The number of rotatable bonds is 1. The van der Waals surface area contributed by atoms with Gasteiger partial charge in [0.1, 0.15) is 0 Å². The molecule has 0 radical (unpaired) electrons. The average Bonchev–Trinajstić information content (AvgIpc) is 2.49. The summed E-state index contributed by atoms with van der Waals surface area (Å²) < 4.78 is 0. The highest BCUT2D eigenvalue weighted by atomic mass is 16.5. The minimum Gasteiger partial charge on any atom is -0.312 e. The third-order valence-electron chi connectivity index (χ3n) is 4.11. The maximum Gasteiger partial charge on any atom is 0.0691 e. The Morgan fingerprint density at radius 2 is 1.94 bits per heavy atom. The predicted octanol–water partition coefficient (Wildman–Crippen LogP) is 3.23. The minimum atomic E-state index is -0.368. The highest BCUT2D eigenvalue weighted by molar-refractivity contribution is 5.48. The molecule has 0 saturated carbocycles. The van der Waals surface area contributed by atoms with E-state index < -0.39 is 0 Å². The first-order valence-corrected chi connectivity index (χ1v) is 5.98. The lowest BCUT2D eigenvalue weighted by molar-refractivity contribution is -0.222. The smallest absolute Gasteiger partial charge is 0.0691 e. The standard InChI is InChI=1S/C15H19NO/c1-6-11-8-9-12-13(10-11)15(5,7-2)16(17)14(12,3)4/h1,8-10,17H,7H2,2-5H3. The first kappa shape index (κ1) is 12.2. The summed E-state index contributed by atoms with van der Waals surface area (Å²) in [7, 11) is 0. The highest BCUT2D eigenvalue weighted by Gasteiger charge is 2.50. The van der Waals surface area contributed by atoms with Crippen molar-refractivity contribution in [3.8, 4) is 12.3 Å². The summed E-state index contributed by atoms with van der Waals surface area (Å²) in [4.78, 5) is 0. The Kier molecular flexibility index (Phi) is 2.57. The maximum absolute atomic E-state index is 10.4. The van der Waals surface area contributed by atoms with Crippen molar-refractivity contribution in [2.45, 2.75) is 45.2 Å². The summed E-state index contributed by atoms with van der Waals surface area (Å²) in [5.74, 6) is 2.66. The zero-order valence-electron chi connectivity index (χ0n) is 10.9. The van der Waals surface area contributed by atoms with Gasteiger partial charge in [0, 0.05) is 5.56 Å². The van der Waals surface area contributed by atoms with E-state index in [1.165, 1.54) is 5.06 Å². The second kappa shape index (κ2) is 3.60. The van der Waals surface area contributed by atoms with Gasteiger partial charge in [-0.1, -0.05) is 18.9 Å². The third-order valence-corrected chi connectivity index (χ3v) is 4.11. The molecule has 90 valence electrons. The largest absolute Gasteiger partial charge is 0.312 e. The Bertz CT molecular complexity index is 498. The first-order chi connectivity index (χ1) is 7.87. The van der Waals surface area contributed by atoms with Crippen LogP contribution in [0.15, 0.2) is 18.2 Å². The average molecular weight is 229 g/mol. The summed E-state index contributed by atoms with van der Waals surface area (Å²) in [5, 5.41) is 11.9. The second-order valence-corrected chi connectivity index (χ2v) is 5.40. The van der Waals surface area contributed by atoms with Crippen LogP contribution in [0, 0.1) is 12.3 Å². The summed E-state index contributed by atoms with van der Waals surface area (Å²) in [6.07, 6.45) is 6.29. The number of hydroxylamine groups is 2. The van der Waals surface area contributed by atoms with E-state index in [4.69, 9.17) is 6.42 Å². The predicted molar refractivity (Wildman–Crippen MR) is 68.7 cm³/mol. The molecule has 1 aliphatic rings. The van der Waals surface area contributed by atoms with Crippen LogP contribution in [0.1, 0.15) is 50.8 Å². The van der Waals surface area contributed by atoms with Gasteiger partial charge in [-0.2, -0.15) is 5.06 Å². The number of hydrogen-bond acceptors (Lipinski definition) is 2. The molecule has 1 aliphatic heterocycles. The molecular weight excluding hydrogens is 210 g/mol. The number of fused-ring (bicyclic) bond motifs is 1. The Hall–Kier alpha value is -1.30. The van der Waals surface area contributed by atoms with Crippen LogP contribution in [0.2, 0.25) is 0 Å². The van der Waals surface area contributed by atoms with Crippen molar-refractivity contribution in [3.05, 3.63) is 34.9 Å². The van der Waals surface area contributed by atoms with E-state index in [0.717, 1.165) is 23.1 Å². The van der Waals surface area contributed by atoms with Crippen LogP contribution in [0.4, 0.5) is 0 Å². The van der Waals surface area contributed by atoms with Crippen LogP contribution in [0.3, 0.4) is 0 Å². The maximum atomic E-state index is 10.4. The van der Waals surface area contributed by atoms with Gasteiger partial charge in [-0.3, -0.25) is 0 Å². The van der Waals surface area contributed by atoms with Gasteiger partial charge in [-0.05, 0) is 50.5 Å². The van der Waals surface area contributed by atoms with Crippen LogP contribution >= 0.6 is 0 Å². The van der Waals surface area contributed by atoms with Gasteiger partial charge >= 0.3 is 0 Å². The van der Waals surface area contributed by atoms with Crippen molar-refractivity contribution in [3.63, 3.8) is 0 Å². The number of hydrogen-bond donors (Lipinski definition) is 1. The van der Waals surface area contributed by atoms with Gasteiger partial charge in [-0.15, -0.1) is 6.42 Å². The van der Waals surface area contributed by atoms with Crippen molar-refractivity contribution < 1.29 is 5.21 Å². The molecule has 1 atom stereocenters. The van der Waals surface area contributed by atoms with E-state index in [-0.39, 0.29) is 11.1 Å². The normalized spacial score (nSPS) is 26.6. The van der Waals surface area contributed by atoms with E-state index in [9.17, 15) is 5.21 Å². The zero-order valence-corrected chi connectivity index (χ0v) is 10.9. The fraction of sp³-hybridized carbons (Fsp3) is 0.467. The SMILES string of the molecule is C#Cc1ccc2c(c1)C(C)(CC)N(O)C2(C)C.